The zero-order valence-corrected chi connectivity index (χ0v) is 10.6. The molecule has 3 nitrogen and oxygen atoms in total. The molecule has 0 aliphatic rings. The van der Waals surface area contributed by atoms with E-state index in [1.807, 2.05) is 6.92 Å². The Morgan fingerprint density at radius 1 is 1.56 bits per heavy atom. The van der Waals surface area contributed by atoms with Gasteiger partial charge in [-0.1, -0.05) is 0 Å². The number of hydrogen-bond donors (Lipinski definition) is 1. The molecule has 0 saturated heterocycles. The van der Waals surface area contributed by atoms with Crippen molar-refractivity contribution in [1.82, 2.24) is 9.38 Å². The Kier molecular flexibility index (Phi) is 3.25. The van der Waals surface area contributed by atoms with Gasteiger partial charge in [-0.2, -0.15) is 0 Å². The van der Waals surface area contributed by atoms with Gasteiger partial charge in [-0.3, -0.25) is 4.40 Å². The summed E-state index contributed by atoms with van der Waals surface area (Å²) in [6.45, 7) is 2.56. The van der Waals surface area contributed by atoms with Crippen LogP contribution < -0.4 is 5.73 Å². The van der Waals surface area contributed by atoms with Crippen molar-refractivity contribution < 1.29 is 4.39 Å². The number of nitrogens with two attached hydrogens (primary N) is 1. The summed E-state index contributed by atoms with van der Waals surface area (Å²) in [5, 5.41) is 0. The second kappa shape index (κ2) is 4.51. The average molecular weight is 286 g/mol. The zero-order chi connectivity index (χ0) is 11.7. The lowest BCUT2D eigenvalue weighted by atomic mass is 10.2. The Morgan fingerprint density at radius 2 is 2.31 bits per heavy atom. The van der Waals surface area contributed by atoms with Gasteiger partial charge in [0.15, 0.2) is 5.65 Å². The summed E-state index contributed by atoms with van der Waals surface area (Å²) < 4.78 is 15.8. The number of aryl methyl sites for hydroxylation is 2. The number of rotatable bonds is 3. The fourth-order valence-electron chi connectivity index (χ4n) is 1.80. The number of halogens is 2. The minimum Gasteiger partial charge on any atom is -0.330 e. The van der Waals surface area contributed by atoms with Crippen molar-refractivity contribution in [2.24, 2.45) is 5.73 Å². The second-order valence-electron chi connectivity index (χ2n) is 3.74. The van der Waals surface area contributed by atoms with E-state index in [0.29, 0.717) is 11.0 Å². The number of hydrogen-bond acceptors (Lipinski definition) is 2. The van der Waals surface area contributed by atoms with Gasteiger partial charge in [-0.05, 0) is 48.3 Å². The summed E-state index contributed by atoms with van der Waals surface area (Å²) in [5.74, 6) is -0.272. The zero-order valence-electron chi connectivity index (χ0n) is 9.00. The monoisotopic (exact) mass is 285 g/mol. The first kappa shape index (κ1) is 11.5. The molecule has 2 rings (SSSR count). The standard InChI is InChI=1S/C11H13BrFN3/c1-7-10(3-2-4-14)16-6-8(13)5-9(12)11(16)15-7/h5-6H,2-4,14H2,1H3. The first-order chi connectivity index (χ1) is 7.63. The van der Waals surface area contributed by atoms with Crippen molar-refractivity contribution in [2.75, 3.05) is 6.54 Å². The number of aromatic nitrogens is 2. The van der Waals surface area contributed by atoms with Crippen LogP contribution in [0.15, 0.2) is 16.7 Å². The van der Waals surface area contributed by atoms with Gasteiger partial charge >= 0.3 is 0 Å². The molecule has 0 aromatic carbocycles. The van der Waals surface area contributed by atoms with Crippen LogP contribution in [0.5, 0.6) is 0 Å². The van der Waals surface area contributed by atoms with E-state index in [9.17, 15) is 4.39 Å². The summed E-state index contributed by atoms with van der Waals surface area (Å²) >= 11 is 3.32. The Labute approximate surface area is 102 Å². The summed E-state index contributed by atoms with van der Waals surface area (Å²) in [7, 11) is 0. The Morgan fingerprint density at radius 3 is 3.00 bits per heavy atom. The molecule has 0 saturated carbocycles. The lowest BCUT2D eigenvalue weighted by molar-refractivity contribution is 0.616. The van der Waals surface area contributed by atoms with Gasteiger partial charge in [-0.25, -0.2) is 9.37 Å². The second-order valence-corrected chi connectivity index (χ2v) is 4.59. The molecule has 2 heterocycles. The van der Waals surface area contributed by atoms with Crippen molar-refractivity contribution in [2.45, 2.75) is 19.8 Å². The van der Waals surface area contributed by atoms with E-state index >= 15 is 0 Å². The maximum Gasteiger partial charge on any atom is 0.151 e. The molecule has 0 aliphatic heterocycles. The number of imidazole rings is 1. The Bertz CT molecular complexity index is 521. The van der Waals surface area contributed by atoms with Crippen LogP contribution in [0.1, 0.15) is 17.8 Å². The molecule has 86 valence electrons. The minimum absolute atomic E-state index is 0.272. The van der Waals surface area contributed by atoms with E-state index in [0.717, 1.165) is 29.9 Å². The normalized spacial score (nSPS) is 11.2. The van der Waals surface area contributed by atoms with E-state index in [4.69, 9.17) is 5.73 Å². The van der Waals surface area contributed by atoms with E-state index in [1.165, 1.54) is 12.3 Å². The molecule has 0 bridgehead atoms. The molecule has 0 spiro atoms. The van der Waals surface area contributed by atoms with Gasteiger partial charge in [-0.15, -0.1) is 0 Å². The molecule has 2 N–H and O–H groups in total. The van der Waals surface area contributed by atoms with Gasteiger partial charge < -0.3 is 5.73 Å². The predicted molar refractivity (Wildman–Crippen MR) is 65.0 cm³/mol. The van der Waals surface area contributed by atoms with Crippen LogP contribution in [-0.2, 0) is 6.42 Å². The molecular formula is C11H13BrFN3. The number of fused-ring (bicyclic) bond motifs is 1. The molecule has 5 heteroatoms. The van der Waals surface area contributed by atoms with Crippen molar-refractivity contribution in [1.29, 1.82) is 0 Å². The van der Waals surface area contributed by atoms with Gasteiger partial charge in [0.05, 0.1) is 10.2 Å². The van der Waals surface area contributed by atoms with E-state index in [1.54, 1.807) is 4.40 Å². The first-order valence-corrected chi connectivity index (χ1v) is 5.95. The van der Waals surface area contributed by atoms with Crippen molar-refractivity contribution >= 4 is 21.6 Å². The van der Waals surface area contributed by atoms with E-state index in [-0.39, 0.29) is 5.82 Å². The molecule has 0 aliphatic carbocycles. The van der Waals surface area contributed by atoms with Crippen molar-refractivity contribution in [3.63, 3.8) is 0 Å². The van der Waals surface area contributed by atoms with Crippen LogP contribution in [0.4, 0.5) is 4.39 Å². The fourth-order valence-corrected chi connectivity index (χ4v) is 2.30. The minimum atomic E-state index is -0.272. The number of nitrogens with zero attached hydrogens (tertiary/aromatic N) is 2. The maximum atomic E-state index is 13.3. The predicted octanol–water partition coefficient (Wildman–Crippen LogP) is 2.44. The van der Waals surface area contributed by atoms with E-state index < -0.39 is 0 Å². The van der Waals surface area contributed by atoms with Crippen LogP contribution in [0.2, 0.25) is 0 Å². The summed E-state index contributed by atoms with van der Waals surface area (Å²) in [6.07, 6.45) is 3.16. The molecule has 0 unspecified atom stereocenters. The molecule has 0 fully saturated rings. The molecular weight excluding hydrogens is 273 g/mol. The SMILES string of the molecule is Cc1nc2c(Br)cc(F)cn2c1CCCN. The Hall–Kier alpha value is -0.940. The fraction of sp³-hybridized carbons (Fsp3) is 0.364. The van der Waals surface area contributed by atoms with Crippen LogP contribution in [-0.4, -0.2) is 15.9 Å². The highest BCUT2D eigenvalue weighted by atomic mass is 79.9. The highest BCUT2D eigenvalue weighted by molar-refractivity contribution is 9.10. The summed E-state index contributed by atoms with van der Waals surface area (Å²) in [6, 6.07) is 1.43. The summed E-state index contributed by atoms with van der Waals surface area (Å²) in [5.41, 5.74) is 8.20. The highest BCUT2D eigenvalue weighted by Crippen LogP contribution is 2.22. The molecule has 16 heavy (non-hydrogen) atoms. The van der Waals surface area contributed by atoms with Gasteiger partial charge in [0.2, 0.25) is 0 Å². The van der Waals surface area contributed by atoms with Gasteiger partial charge in [0.1, 0.15) is 5.82 Å². The van der Waals surface area contributed by atoms with Crippen LogP contribution in [0.3, 0.4) is 0 Å². The van der Waals surface area contributed by atoms with Crippen LogP contribution in [0, 0.1) is 12.7 Å². The highest BCUT2D eigenvalue weighted by Gasteiger charge is 2.11. The van der Waals surface area contributed by atoms with Gasteiger partial charge in [0.25, 0.3) is 0 Å². The first-order valence-electron chi connectivity index (χ1n) is 5.16. The molecule has 2 aromatic heterocycles. The quantitative estimate of drug-likeness (QED) is 0.941. The summed E-state index contributed by atoms with van der Waals surface area (Å²) in [4.78, 5) is 4.42. The van der Waals surface area contributed by atoms with Gasteiger partial charge in [0, 0.05) is 11.9 Å². The molecule has 2 aromatic rings. The average Bonchev–Trinajstić information content (AvgIpc) is 2.53. The largest absolute Gasteiger partial charge is 0.330 e. The van der Waals surface area contributed by atoms with Crippen LogP contribution >= 0.6 is 15.9 Å². The Balaban J connectivity index is 2.59. The van der Waals surface area contributed by atoms with E-state index in [2.05, 4.69) is 20.9 Å². The maximum absolute atomic E-state index is 13.3. The third-order valence-corrected chi connectivity index (χ3v) is 3.14. The van der Waals surface area contributed by atoms with Crippen LogP contribution in [0.25, 0.3) is 5.65 Å². The molecule has 0 radical (unpaired) electrons. The molecule has 0 atom stereocenters. The molecule has 0 amide bonds. The third kappa shape index (κ3) is 1.97. The lowest BCUT2D eigenvalue weighted by Crippen LogP contribution is -2.03. The van der Waals surface area contributed by atoms with Crippen molar-refractivity contribution in [3.8, 4) is 0 Å². The number of pyridine rings is 1. The third-order valence-electron chi connectivity index (χ3n) is 2.56. The lowest BCUT2D eigenvalue weighted by Gasteiger charge is -2.03. The topological polar surface area (TPSA) is 43.3 Å². The van der Waals surface area contributed by atoms with Crippen molar-refractivity contribution in [3.05, 3.63) is 33.9 Å². The smallest absolute Gasteiger partial charge is 0.151 e.